The van der Waals surface area contributed by atoms with Crippen LogP contribution in [0.4, 0.5) is 0 Å². The van der Waals surface area contributed by atoms with Crippen LogP contribution in [0.3, 0.4) is 0 Å². The lowest BCUT2D eigenvalue weighted by molar-refractivity contribution is -0.170. The maximum absolute atomic E-state index is 13.3. The van der Waals surface area contributed by atoms with Crippen molar-refractivity contribution in [2.75, 3.05) is 20.0 Å². The average Bonchev–Trinajstić information content (AvgIpc) is 3.68. The molecule has 0 radical (unpaired) electrons. The van der Waals surface area contributed by atoms with Gasteiger partial charge in [-0.25, -0.2) is 0 Å². The van der Waals surface area contributed by atoms with Gasteiger partial charge >= 0.3 is 23.9 Å². The van der Waals surface area contributed by atoms with Crippen LogP contribution in [0.15, 0.2) is 24.3 Å². The van der Waals surface area contributed by atoms with E-state index in [1.807, 2.05) is 0 Å². The molecule has 0 spiro atoms. The van der Waals surface area contributed by atoms with Crippen LogP contribution in [-0.4, -0.2) is 56.5 Å². The summed E-state index contributed by atoms with van der Waals surface area (Å²) in [4.78, 5) is 61.5. The second-order valence-corrected chi connectivity index (χ2v) is 17.1. The first-order chi connectivity index (χ1) is 29.3. The zero-order valence-electron chi connectivity index (χ0n) is 38.2. The van der Waals surface area contributed by atoms with Crippen LogP contribution < -0.4 is 0 Å². The molecule has 0 heterocycles. The van der Waals surface area contributed by atoms with E-state index >= 15 is 0 Å². The molecule has 0 atom stereocenters. The van der Waals surface area contributed by atoms with Crippen molar-refractivity contribution >= 4 is 30.3 Å². The number of unbranched alkanes of at least 4 members (excludes halogenated alkanes) is 22. The van der Waals surface area contributed by atoms with Gasteiger partial charge in [-0.15, -0.1) is 0 Å². The quantitative estimate of drug-likeness (QED) is 0.0146. The molecule has 1 fully saturated rings. The standard InChI is InChI=1S/C50H86O10/c1-3-5-7-9-11-13-15-17-19-21-23-25-27-29-31-35-46(52)57-41-45(60-49(55)40-50(37-33-34-38-50)39-48(54)59-44-56-43-51)42-58-47(53)36-32-30-28-26-24-22-20-18-16-14-12-10-8-6-4-2/h17-20,43,45H,3-16,21-42,44H2,1-2H3/b19-17-,20-18-. The third-order valence-electron chi connectivity index (χ3n) is 11.5. The van der Waals surface area contributed by atoms with E-state index in [1.54, 1.807) is 0 Å². The number of carbonyl (C=O) groups excluding carboxylic acids is 5. The number of ether oxygens (including phenoxy) is 5. The molecule has 0 amide bonds. The summed E-state index contributed by atoms with van der Waals surface area (Å²) in [6, 6.07) is 0. The molecule has 0 bridgehead atoms. The number of hydrogen-bond donors (Lipinski definition) is 0. The third-order valence-corrected chi connectivity index (χ3v) is 11.5. The molecule has 0 aromatic carbocycles. The van der Waals surface area contributed by atoms with Gasteiger partial charge in [0.05, 0.1) is 12.8 Å². The van der Waals surface area contributed by atoms with Gasteiger partial charge in [-0.2, -0.15) is 0 Å². The zero-order chi connectivity index (χ0) is 43.6. The van der Waals surface area contributed by atoms with E-state index in [2.05, 4.69) is 42.9 Å². The zero-order valence-corrected chi connectivity index (χ0v) is 38.2. The molecule has 0 aliphatic heterocycles. The van der Waals surface area contributed by atoms with Gasteiger partial charge in [0.2, 0.25) is 6.79 Å². The Morgan fingerprint density at radius 3 is 1.28 bits per heavy atom. The van der Waals surface area contributed by atoms with Crippen molar-refractivity contribution in [1.29, 1.82) is 0 Å². The molecule has 0 unspecified atom stereocenters. The highest BCUT2D eigenvalue weighted by Crippen LogP contribution is 2.44. The molecule has 1 aliphatic rings. The lowest BCUT2D eigenvalue weighted by Crippen LogP contribution is -2.33. The fourth-order valence-electron chi connectivity index (χ4n) is 7.87. The Kier molecular flexibility index (Phi) is 36.5. The predicted octanol–water partition coefficient (Wildman–Crippen LogP) is 13.1. The van der Waals surface area contributed by atoms with Crippen LogP contribution in [0.25, 0.3) is 0 Å². The van der Waals surface area contributed by atoms with Crippen molar-refractivity contribution < 1.29 is 47.7 Å². The predicted molar refractivity (Wildman–Crippen MR) is 239 cm³/mol. The summed E-state index contributed by atoms with van der Waals surface area (Å²) in [6.07, 6.45) is 42.2. The molecule has 1 saturated carbocycles. The second kappa shape index (κ2) is 39.9. The first kappa shape index (κ1) is 54.8. The van der Waals surface area contributed by atoms with Crippen LogP contribution in [0.1, 0.15) is 232 Å². The summed E-state index contributed by atoms with van der Waals surface area (Å²) in [7, 11) is 0. The van der Waals surface area contributed by atoms with E-state index in [-0.39, 0.29) is 57.3 Å². The summed E-state index contributed by atoms with van der Waals surface area (Å²) in [5.74, 6) is -1.86. The summed E-state index contributed by atoms with van der Waals surface area (Å²) in [5.41, 5.74) is -0.638. The normalized spacial score (nSPS) is 13.6. The molecule has 1 aliphatic carbocycles. The first-order valence-corrected chi connectivity index (χ1v) is 24.4. The minimum Gasteiger partial charge on any atom is -0.462 e. The van der Waals surface area contributed by atoms with Crippen molar-refractivity contribution in [3.05, 3.63) is 24.3 Å². The summed E-state index contributed by atoms with van der Waals surface area (Å²) >= 11 is 0. The molecule has 10 heteroatoms. The smallest absolute Gasteiger partial charge is 0.309 e. The first-order valence-electron chi connectivity index (χ1n) is 24.4. The number of carbonyl (C=O) groups is 5. The van der Waals surface area contributed by atoms with Gasteiger partial charge in [0, 0.05) is 12.8 Å². The highest BCUT2D eigenvalue weighted by atomic mass is 16.7. The number of allylic oxidation sites excluding steroid dienone is 4. The number of esters is 4. The summed E-state index contributed by atoms with van der Waals surface area (Å²) in [6.45, 7) is 3.79. The van der Waals surface area contributed by atoms with Crippen LogP contribution in [0.2, 0.25) is 0 Å². The Balaban J connectivity index is 2.45. The highest BCUT2D eigenvalue weighted by molar-refractivity contribution is 5.75. The summed E-state index contributed by atoms with van der Waals surface area (Å²) < 4.78 is 26.3. The van der Waals surface area contributed by atoms with Crippen molar-refractivity contribution in [2.45, 2.75) is 238 Å². The third kappa shape index (κ3) is 33.5. The topological polar surface area (TPSA) is 132 Å². The minimum absolute atomic E-state index is 0.00906. The van der Waals surface area contributed by atoms with E-state index in [9.17, 15) is 24.0 Å². The number of rotatable bonds is 42. The molecule has 0 saturated heterocycles. The van der Waals surface area contributed by atoms with Crippen molar-refractivity contribution in [1.82, 2.24) is 0 Å². The lowest BCUT2D eigenvalue weighted by Gasteiger charge is -2.28. The minimum atomic E-state index is -0.958. The SMILES string of the molecule is CCCCCCCC/C=C\CCCCCCCC(=O)OCC(COC(=O)CCCCCCC/C=C\CCCCCCCC)OC(=O)CC1(CC(=O)OCOC=O)CCCC1. The molecular formula is C50H86O10. The van der Waals surface area contributed by atoms with Gasteiger partial charge in [-0.3, -0.25) is 24.0 Å². The van der Waals surface area contributed by atoms with Crippen LogP contribution in [0.5, 0.6) is 0 Å². The Morgan fingerprint density at radius 2 is 0.867 bits per heavy atom. The molecule has 0 aromatic heterocycles. The van der Waals surface area contributed by atoms with Gasteiger partial charge in [-0.1, -0.05) is 154 Å². The van der Waals surface area contributed by atoms with Crippen molar-refractivity contribution in [2.24, 2.45) is 5.41 Å². The molecule has 10 nitrogen and oxygen atoms in total. The molecule has 60 heavy (non-hydrogen) atoms. The molecule has 1 rings (SSSR count). The van der Waals surface area contributed by atoms with Crippen LogP contribution in [-0.2, 0) is 47.7 Å². The Morgan fingerprint density at radius 1 is 0.483 bits per heavy atom. The number of hydrogen-bond acceptors (Lipinski definition) is 10. The van der Waals surface area contributed by atoms with Crippen molar-refractivity contribution in [3.8, 4) is 0 Å². The largest absolute Gasteiger partial charge is 0.462 e. The van der Waals surface area contributed by atoms with Gasteiger partial charge in [0.15, 0.2) is 6.10 Å². The van der Waals surface area contributed by atoms with Gasteiger partial charge in [0.25, 0.3) is 6.47 Å². The Hall–Kier alpha value is -3.17. The second-order valence-electron chi connectivity index (χ2n) is 17.1. The van der Waals surface area contributed by atoms with Gasteiger partial charge in [0.1, 0.15) is 13.2 Å². The summed E-state index contributed by atoms with van der Waals surface area (Å²) in [5, 5.41) is 0. The van der Waals surface area contributed by atoms with E-state index in [4.69, 9.17) is 18.9 Å². The van der Waals surface area contributed by atoms with E-state index in [0.717, 1.165) is 89.9 Å². The maximum atomic E-state index is 13.3. The van der Waals surface area contributed by atoms with Crippen LogP contribution in [0, 0.1) is 5.41 Å². The fourth-order valence-corrected chi connectivity index (χ4v) is 7.87. The highest BCUT2D eigenvalue weighted by Gasteiger charge is 2.39. The lowest BCUT2D eigenvalue weighted by atomic mass is 9.79. The Labute approximate surface area is 365 Å². The van der Waals surface area contributed by atoms with Gasteiger partial charge < -0.3 is 23.7 Å². The van der Waals surface area contributed by atoms with E-state index in [0.29, 0.717) is 12.8 Å². The van der Waals surface area contributed by atoms with Crippen LogP contribution >= 0.6 is 0 Å². The van der Waals surface area contributed by atoms with Gasteiger partial charge in [-0.05, 0) is 82.5 Å². The fraction of sp³-hybridized carbons (Fsp3) is 0.820. The van der Waals surface area contributed by atoms with E-state index < -0.39 is 30.3 Å². The molecular weight excluding hydrogens is 761 g/mol. The Bertz CT molecular complexity index is 1090. The van der Waals surface area contributed by atoms with E-state index in [1.165, 1.54) is 89.9 Å². The molecule has 0 N–H and O–H groups in total. The molecule has 346 valence electrons. The average molecular weight is 847 g/mol. The maximum Gasteiger partial charge on any atom is 0.309 e. The monoisotopic (exact) mass is 847 g/mol. The van der Waals surface area contributed by atoms with Crippen molar-refractivity contribution in [3.63, 3.8) is 0 Å². The molecule has 0 aromatic rings.